The van der Waals surface area contributed by atoms with Gasteiger partial charge in [-0.3, -0.25) is 14.9 Å². The number of aromatic nitrogens is 1. The molecule has 1 atom stereocenters. The fourth-order valence-electron chi connectivity index (χ4n) is 4.22. The maximum atomic E-state index is 4.68. The van der Waals surface area contributed by atoms with E-state index < -0.39 is 0 Å². The third-order valence-corrected chi connectivity index (χ3v) is 5.90. The normalized spacial score (nSPS) is 22.1. The van der Waals surface area contributed by atoms with E-state index in [0.29, 0.717) is 6.04 Å². The Labute approximate surface area is 169 Å². The van der Waals surface area contributed by atoms with Crippen molar-refractivity contribution in [3.63, 3.8) is 0 Å². The molecule has 152 valence electrons. The van der Waals surface area contributed by atoms with E-state index >= 15 is 0 Å². The molecule has 6 nitrogen and oxygen atoms in total. The van der Waals surface area contributed by atoms with Crippen LogP contribution in [0.15, 0.2) is 40.2 Å². The molecular weight excluding hydrogens is 348 g/mol. The zero-order valence-corrected chi connectivity index (χ0v) is 17.6. The van der Waals surface area contributed by atoms with Gasteiger partial charge in [0.15, 0.2) is 0 Å². The lowest BCUT2D eigenvalue weighted by molar-refractivity contribution is 0.244. The SMILES string of the molecule is C=N/C(=C\C(CN(C)C1CCCc2cccnc21)=NC)N1CCCN(C)CC1. The van der Waals surface area contributed by atoms with Crippen molar-refractivity contribution in [2.75, 3.05) is 53.9 Å². The lowest BCUT2D eigenvalue weighted by Gasteiger charge is -2.32. The average Bonchev–Trinajstić information content (AvgIpc) is 2.95. The summed E-state index contributed by atoms with van der Waals surface area (Å²) in [7, 11) is 6.22. The molecule has 1 aliphatic carbocycles. The van der Waals surface area contributed by atoms with E-state index in [4.69, 9.17) is 0 Å². The minimum atomic E-state index is 0.349. The highest BCUT2D eigenvalue weighted by molar-refractivity contribution is 5.97. The van der Waals surface area contributed by atoms with Crippen molar-refractivity contribution in [2.45, 2.75) is 31.7 Å². The Bertz CT molecular complexity index is 725. The van der Waals surface area contributed by atoms with Gasteiger partial charge in [0.2, 0.25) is 0 Å². The Kier molecular flexibility index (Phi) is 7.34. The molecule has 1 unspecified atom stereocenters. The van der Waals surface area contributed by atoms with Crippen molar-refractivity contribution < 1.29 is 0 Å². The molecule has 0 aromatic carbocycles. The molecule has 0 saturated carbocycles. The molecule has 1 fully saturated rings. The van der Waals surface area contributed by atoms with E-state index in [9.17, 15) is 0 Å². The predicted molar refractivity (Wildman–Crippen MR) is 117 cm³/mol. The molecular formula is C22H34N6. The van der Waals surface area contributed by atoms with Gasteiger partial charge < -0.3 is 9.80 Å². The summed E-state index contributed by atoms with van der Waals surface area (Å²) in [5.41, 5.74) is 3.65. The number of hydrogen-bond acceptors (Lipinski definition) is 6. The third-order valence-electron chi connectivity index (χ3n) is 5.90. The maximum Gasteiger partial charge on any atom is 0.129 e. The second-order valence-electron chi connectivity index (χ2n) is 7.89. The minimum absolute atomic E-state index is 0.349. The first-order chi connectivity index (χ1) is 13.6. The van der Waals surface area contributed by atoms with Crippen molar-refractivity contribution in [1.29, 1.82) is 0 Å². The van der Waals surface area contributed by atoms with Crippen LogP contribution < -0.4 is 0 Å². The molecule has 2 heterocycles. The van der Waals surface area contributed by atoms with Crippen LogP contribution in [-0.4, -0.2) is 86.0 Å². The fourth-order valence-corrected chi connectivity index (χ4v) is 4.22. The van der Waals surface area contributed by atoms with Crippen molar-refractivity contribution in [3.8, 4) is 0 Å². The molecule has 28 heavy (non-hydrogen) atoms. The lowest BCUT2D eigenvalue weighted by Crippen LogP contribution is -2.33. The number of hydrogen-bond donors (Lipinski definition) is 0. The molecule has 0 bridgehead atoms. The van der Waals surface area contributed by atoms with Gasteiger partial charge in [-0.15, -0.1) is 0 Å². The number of nitrogens with zero attached hydrogens (tertiary/aromatic N) is 6. The summed E-state index contributed by atoms with van der Waals surface area (Å²) in [6, 6.07) is 4.61. The molecule has 0 amide bonds. The first-order valence-corrected chi connectivity index (χ1v) is 10.3. The van der Waals surface area contributed by atoms with E-state index in [2.05, 4.69) is 62.6 Å². The molecule has 0 radical (unpaired) electrons. The van der Waals surface area contributed by atoms with Gasteiger partial charge >= 0.3 is 0 Å². The summed E-state index contributed by atoms with van der Waals surface area (Å²) in [4.78, 5) is 20.6. The van der Waals surface area contributed by atoms with Crippen LogP contribution in [-0.2, 0) is 6.42 Å². The summed E-state index contributed by atoms with van der Waals surface area (Å²) in [5, 5.41) is 0. The van der Waals surface area contributed by atoms with Gasteiger partial charge in [-0.1, -0.05) is 6.07 Å². The van der Waals surface area contributed by atoms with E-state index in [-0.39, 0.29) is 0 Å². The zero-order chi connectivity index (χ0) is 19.9. The van der Waals surface area contributed by atoms with Gasteiger partial charge in [0.05, 0.1) is 17.4 Å². The van der Waals surface area contributed by atoms with E-state index in [1.807, 2.05) is 19.3 Å². The van der Waals surface area contributed by atoms with Crippen molar-refractivity contribution in [2.24, 2.45) is 9.98 Å². The highest BCUT2D eigenvalue weighted by Crippen LogP contribution is 2.31. The van der Waals surface area contributed by atoms with Gasteiger partial charge in [0, 0.05) is 45.5 Å². The molecule has 2 aliphatic rings. The van der Waals surface area contributed by atoms with Crippen LogP contribution in [0.3, 0.4) is 0 Å². The quantitative estimate of drug-likeness (QED) is 0.710. The Balaban J connectivity index is 1.71. The predicted octanol–water partition coefficient (Wildman–Crippen LogP) is 2.64. The summed E-state index contributed by atoms with van der Waals surface area (Å²) in [6.45, 7) is 8.78. The van der Waals surface area contributed by atoms with Gasteiger partial charge in [0.25, 0.3) is 0 Å². The first-order valence-electron chi connectivity index (χ1n) is 10.3. The smallest absolute Gasteiger partial charge is 0.129 e. The summed E-state index contributed by atoms with van der Waals surface area (Å²) in [5.74, 6) is 0.937. The molecule has 3 rings (SSSR count). The number of rotatable bonds is 6. The standard InChI is InChI=1S/C22H34N6/c1-23-19(16-21(24-2)28-13-7-12-26(3)14-15-28)17-27(4)20-10-5-8-18-9-6-11-25-22(18)20/h6,9,11,16,20H,2,5,7-8,10,12-15,17H2,1,3-4H3/b21-16+,23-19?. The third kappa shape index (κ3) is 5.06. The summed E-state index contributed by atoms with van der Waals surface area (Å²) < 4.78 is 0. The van der Waals surface area contributed by atoms with Crippen LogP contribution in [0.4, 0.5) is 0 Å². The van der Waals surface area contributed by atoms with Crippen LogP contribution in [0, 0.1) is 0 Å². The largest absolute Gasteiger partial charge is 0.355 e. The first kappa shape index (κ1) is 20.7. The molecule has 1 aromatic heterocycles. The Morgan fingerprint density at radius 3 is 2.96 bits per heavy atom. The maximum absolute atomic E-state index is 4.68. The summed E-state index contributed by atoms with van der Waals surface area (Å²) >= 11 is 0. The molecule has 0 N–H and O–H groups in total. The van der Waals surface area contributed by atoms with Gasteiger partial charge in [0.1, 0.15) is 5.82 Å². The van der Waals surface area contributed by atoms with E-state index in [1.54, 1.807) is 0 Å². The highest BCUT2D eigenvalue weighted by Gasteiger charge is 2.25. The monoisotopic (exact) mass is 382 g/mol. The van der Waals surface area contributed by atoms with Gasteiger partial charge in [-0.25, -0.2) is 4.99 Å². The zero-order valence-electron chi connectivity index (χ0n) is 17.6. The number of likely N-dealkylation sites (N-methyl/N-ethyl adjacent to an activating group) is 1. The Morgan fingerprint density at radius 2 is 2.18 bits per heavy atom. The molecule has 1 aliphatic heterocycles. The van der Waals surface area contributed by atoms with Gasteiger partial charge in [-0.05, 0) is 64.7 Å². The number of fused-ring (bicyclic) bond motifs is 1. The number of aryl methyl sites for hydroxylation is 1. The molecule has 1 aromatic rings. The van der Waals surface area contributed by atoms with Crippen molar-refractivity contribution in [1.82, 2.24) is 19.7 Å². The minimum Gasteiger partial charge on any atom is -0.355 e. The highest BCUT2D eigenvalue weighted by atomic mass is 15.3. The molecule has 1 saturated heterocycles. The lowest BCUT2D eigenvalue weighted by atomic mass is 9.91. The van der Waals surface area contributed by atoms with E-state index in [0.717, 1.165) is 63.5 Å². The topological polar surface area (TPSA) is 47.3 Å². The van der Waals surface area contributed by atoms with Crippen LogP contribution in [0.5, 0.6) is 0 Å². The number of pyridine rings is 1. The second kappa shape index (κ2) is 9.94. The van der Waals surface area contributed by atoms with Crippen molar-refractivity contribution >= 4 is 12.4 Å². The number of aliphatic imine (C=N–C) groups is 2. The Morgan fingerprint density at radius 1 is 1.32 bits per heavy atom. The van der Waals surface area contributed by atoms with Crippen LogP contribution in [0.1, 0.15) is 36.6 Å². The fraction of sp³-hybridized carbons (Fsp3) is 0.591. The molecule has 0 spiro atoms. The van der Waals surface area contributed by atoms with Crippen LogP contribution in [0.25, 0.3) is 0 Å². The van der Waals surface area contributed by atoms with Crippen molar-refractivity contribution in [3.05, 3.63) is 41.5 Å². The average molecular weight is 383 g/mol. The Hall–Kier alpha value is -2.05. The second-order valence-corrected chi connectivity index (χ2v) is 7.89. The van der Waals surface area contributed by atoms with Gasteiger partial charge in [-0.2, -0.15) is 0 Å². The molecule has 6 heteroatoms. The summed E-state index contributed by atoms with van der Waals surface area (Å²) in [6.07, 6.45) is 8.66. The van der Waals surface area contributed by atoms with Crippen LogP contribution >= 0.6 is 0 Å². The van der Waals surface area contributed by atoms with E-state index in [1.165, 1.54) is 17.7 Å². The van der Waals surface area contributed by atoms with Crippen LogP contribution in [0.2, 0.25) is 0 Å².